The molecule has 1 aliphatic heterocycles. The molecule has 0 radical (unpaired) electrons. The standard InChI is InChI=1S/C13H20N4O3S/c1-4-14-11-9-10(5-6-15-11)21(19,20)17-8-7-16-12(18)13(17,2)3/h5-6,9H,4,7-8H2,1-3H3,(H,14,15)(H,16,18). The number of amides is 1. The Morgan fingerprint density at radius 1 is 1.48 bits per heavy atom. The van der Waals surface area contributed by atoms with Crippen molar-refractivity contribution in [3.63, 3.8) is 0 Å². The lowest BCUT2D eigenvalue weighted by atomic mass is 10.0. The van der Waals surface area contributed by atoms with Gasteiger partial charge in [0.15, 0.2) is 0 Å². The number of pyridine rings is 1. The van der Waals surface area contributed by atoms with Gasteiger partial charge in [-0.3, -0.25) is 4.79 Å². The number of carbonyl (C=O) groups is 1. The summed E-state index contributed by atoms with van der Waals surface area (Å²) in [4.78, 5) is 16.1. The highest BCUT2D eigenvalue weighted by molar-refractivity contribution is 7.89. The van der Waals surface area contributed by atoms with Gasteiger partial charge < -0.3 is 10.6 Å². The zero-order chi connectivity index (χ0) is 15.7. The lowest BCUT2D eigenvalue weighted by Crippen LogP contribution is -2.63. The fourth-order valence-electron chi connectivity index (χ4n) is 2.28. The smallest absolute Gasteiger partial charge is 0.244 e. The molecule has 7 nitrogen and oxygen atoms in total. The normalized spacial score (nSPS) is 19.1. The first-order chi connectivity index (χ1) is 9.80. The summed E-state index contributed by atoms with van der Waals surface area (Å²) in [5, 5.41) is 5.67. The van der Waals surface area contributed by atoms with E-state index >= 15 is 0 Å². The molecule has 0 spiro atoms. The van der Waals surface area contributed by atoms with Crippen LogP contribution in [-0.2, 0) is 14.8 Å². The van der Waals surface area contributed by atoms with E-state index < -0.39 is 15.6 Å². The topological polar surface area (TPSA) is 91.4 Å². The summed E-state index contributed by atoms with van der Waals surface area (Å²) in [5.41, 5.74) is -1.11. The third-order valence-corrected chi connectivity index (χ3v) is 5.53. The van der Waals surface area contributed by atoms with Crippen LogP contribution in [-0.4, -0.2) is 48.8 Å². The van der Waals surface area contributed by atoms with Crippen molar-refractivity contribution in [2.75, 3.05) is 25.0 Å². The Morgan fingerprint density at radius 2 is 2.19 bits per heavy atom. The highest BCUT2D eigenvalue weighted by Crippen LogP contribution is 2.27. The molecule has 0 atom stereocenters. The Labute approximate surface area is 124 Å². The van der Waals surface area contributed by atoms with Crippen molar-refractivity contribution >= 4 is 21.7 Å². The zero-order valence-electron chi connectivity index (χ0n) is 12.4. The van der Waals surface area contributed by atoms with Crippen molar-refractivity contribution in [1.82, 2.24) is 14.6 Å². The SMILES string of the molecule is CCNc1cc(S(=O)(=O)N2CCNC(=O)C2(C)C)ccn1. The molecular weight excluding hydrogens is 292 g/mol. The van der Waals surface area contributed by atoms with E-state index in [0.29, 0.717) is 18.9 Å². The number of nitrogens with one attached hydrogen (secondary N) is 2. The number of piperazine rings is 1. The first kappa shape index (κ1) is 15.7. The Morgan fingerprint density at radius 3 is 2.86 bits per heavy atom. The number of aromatic nitrogens is 1. The first-order valence-corrected chi connectivity index (χ1v) is 8.25. The van der Waals surface area contributed by atoms with Gasteiger partial charge in [0.25, 0.3) is 0 Å². The maximum Gasteiger partial charge on any atom is 0.244 e. The molecule has 1 aliphatic rings. The molecule has 1 saturated heterocycles. The molecule has 1 aromatic heterocycles. The minimum Gasteiger partial charge on any atom is -0.370 e. The van der Waals surface area contributed by atoms with Crippen LogP contribution in [0.15, 0.2) is 23.2 Å². The van der Waals surface area contributed by atoms with Crippen molar-refractivity contribution in [1.29, 1.82) is 0 Å². The van der Waals surface area contributed by atoms with E-state index in [1.807, 2.05) is 6.92 Å². The minimum atomic E-state index is -3.75. The van der Waals surface area contributed by atoms with Gasteiger partial charge in [0.1, 0.15) is 11.4 Å². The van der Waals surface area contributed by atoms with Crippen molar-refractivity contribution in [3.05, 3.63) is 18.3 Å². The Balaban J connectivity index is 2.41. The fourth-order valence-corrected chi connectivity index (χ4v) is 4.04. The Kier molecular flexibility index (Phi) is 4.20. The average molecular weight is 312 g/mol. The van der Waals surface area contributed by atoms with Crippen molar-refractivity contribution < 1.29 is 13.2 Å². The molecule has 0 aromatic carbocycles. The maximum atomic E-state index is 12.8. The summed E-state index contributed by atoms with van der Waals surface area (Å²) in [6, 6.07) is 2.93. The van der Waals surface area contributed by atoms with Crippen molar-refractivity contribution in [2.24, 2.45) is 0 Å². The number of carbonyl (C=O) groups excluding carboxylic acids is 1. The molecular formula is C13H20N4O3S. The predicted octanol–water partition coefficient (Wildman–Crippen LogP) is 0.412. The molecule has 8 heteroatoms. The lowest BCUT2D eigenvalue weighted by Gasteiger charge is -2.39. The van der Waals surface area contributed by atoms with Crippen molar-refractivity contribution in [2.45, 2.75) is 31.2 Å². The highest BCUT2D eigenvalue weighted by atomic mass is 32.2. The number of sulfonamides is 1. The Hall–Kier alpha value is -1.67. The molecule has 1 fully saturated rings. The van der Waals surface area contributed by atoms with Crippen LogP contribution in [0.25, 0.3) is 0 Å². The van der Waals surface area contributed by atoms with Crippen LogP contribution in [0.5, 0.6) is 0 Å². The molecule has 1 aromatic rings. The van der Waals surface area contributed by atoms with Gasteiger partial charge in [-0.2, -0.15) is 4.31 Å². The minimum absolute atomic E-state index is 0.135. The quantitative estimate of drug-likeness (QED) is 0.840. The molecule has 0 bridgehead atoms. The lowest BCUT2D eigenvalue weighted by molar-refractivity contribution is -0.131. The monoisotopic (exact) mass is 312 g/mol. The fraction of sp³-hybridized carbons (Fsp3) is 0.538. The van der Waals surface area contributed by atoms with Crippen LogP contribution in [0.1, 0.15) is 20.8 Å². The zero-order valence-corrected chi connectivity index (χ0v) is 13.2. The van der Waals surface area contributed by atoms with E-state index in [2.05, 4.69) is 15.6 Å². The van der Waals surface area contributed by atoms with Gasteiger partial charge in [0, 0.05) is 31.9 Å². The van der Waals surface area contributed by atoms with Gasteiger partial charge >= 0.3 is 0 Å². The summed E-state index contributed by atoms with van der Waals surface area (Å²) in [5.74, 6) is 0.205. The summed E-state index contributed by atoms with van der Waals surface area (Å²) < 4.78 is 26.8. The van der Waals surface area contributed by atoms with Crippen molar-refractivity contribution in [3.8, 4) is 0 Å². The van der Waals surface area contributed by atoms with Gasteiger partial charge in [-0.05, 0) is 26.8 Å². The van der Waals surface area contributed by atoms with E-state index in [1.54, 1.807) is 13.8 Å². The van der Waals surface area contributed by atoms with E-state index in [1.165, 1.54) is 22.6 Å². The third kappa shape index (κ3) is 2.86. The second-order valence-electron chi connectivity index (χ2n) is 5.30. The number of rotatable bonds is 4. The van der Waals surface area contributed by atoms with Gasteiger partial charge in [-0.15, -0.1) is 0 Å². The van der Waals surface area contributed by atoms with E-state index in [4.69, 9.17) is 0 Å². The van der Waals surface area contributed by atoms with E-state index in [9.17, 15) is 13.2 Å². The van der Waals surface area contributed by atoms with Gasteiger partial charge in [0.05, 0.1) is 4.90 Å². The number of hydrogen-bond donors (Lipinski definition) is 2. The Bertz CT molecular complexity index is 643. The maximum absolute atomic E-state index is 12.8. The van der Waals surface area contributed by atoms with Gasteiger partial charge in [0.2, 0.25) is 15.9 Å². The molecule has 1 amide bonds. The summed E-state index contributed by atoms with van der Waals surface area (Å²) in [6.07, 6.45) is 1.45. The van der Waals surface area contributed by atoms with Crippen LogP contribution in [0, 0.1) is 0 Å². The van der Waals surface area contributed by atoms with Gasteiger partial charge in [-0.1, -0.05) is 0 Å². The van der Waals surface area contributed by atoms with Crippen LogP contribution < -0.4 is 10.6 Å². The van der Waals surface area contributed by atoms with Gasteiger partial charge in [-0.25, -0.2) is 13.4 Å². The molecule has 2 rings (SSSR count). The molecule has 2 heterocycles. The molecule has 0 unspecified atom stereocenters. The van der Waals surface area contributed by atoms with Crippen LogP contribution >= 0.6 is 0 Å². The molecule has 0 saturated carbocycles. The summed E-state index contributed by atoms with van der Waals surface area (Å²) in [6.45, 7) is 6.32. The summed E-state index contributed by atoms with van der Waals surface area (Å²) >= 11 is 0. The highest BCUT2D eigenvalue weighted by Gasteiger charge is 2.44. The molecule has 2 N–H and O–H groups in total. The van der Waals surface area contributed by atoms with Crippen LogP contribution in [0.3, 0.4) is 0 Å². The summed E-state index contributed by atoms with van der Waals surface area (Å²) in [7, 11) is -3.75. The molecule has 0 aliphatic carbocycles. The second-order valence-corrected chi connectivity index (χ2v) is 7.16. The molecule has 21 heavy (non-hydrogen) atoms. The third-order valence-electron chi connectivity index (χ3n) is 3.46. The number of hydrogen-bond acceptors (Lipinski definition) is 5. The van der Waals surface area contributed by atoms with E-state index in [0.717, 1.165) is 0 Å². The predicted molar refractivity (Wildman–Crippen MR) is 79.4 cm³/mol. The molecule has 116 valence electrons. The van der Waals surface area contributed by atoms with E-state index in [-0.39, 0.29) is 17.3 Å². The van der Waals surface area contributed by atoms with Crippen LogP contribution in [0.2, 0.25) is 0 Å². The number of anilines is 1. The number of nitrogens with zero attached hydrogens (tertiary/aromatic N) is 2. The van der Waals surface area contributed by atoms with Crippen LogP contribution in [0.4, 0.5) is 5.82 Å². The average Bonchev–Trinajstić information content (AvgIpc) is 2.42. The second kappa shape index (κ2) is 5.61. The first-order valence-electron chi connectivity index (χ1n) is 6.81. The largest absolute Gasteiger partial charge is 0.370 e.